The van der Waals surface area contributed by atoms with Gasteiger partial charge in [0.1, 0.15) is 12.4 Å². The summed E-state index contributed by atoms with van der Waals surface area (Å²) < 4.78 is 6.26. The molecule has 1 aliphatic rings. The molecule has 0 saturated carbocycles. The van der Waals surface area contributed by atoms with Gasteiger partial charge >= 0.3 is 0 Å². The van der Waals surface area contributed by atoms with Crippen LogP contribution in [0.25, 0.3) is 0 Å². The molecule has 0 radical (unpaired) electrons. The Morgan fingerprint density at radius 3 is 2.41 bits per heavy atom. The van der Waals surface area contributed by atoms with E-state index in [1.165, 1.54) is 0 Å². The van der Waals surface area contributed by atoms with Crippen molar-refractivity contribution < 1.29 is 14.3 Å². The molecule has 184 valence electrons. The molecule has 0 aromatic heterocycles. The first-order valence-electron chi connectivity index (χ1n) is 12.5. The van der Waals surface area contributed by atoms with Crippen molar-refractivity contribution in [3.05, 3.63) is 64.7 Å². The molecule has 0 aliphatic carbocycles. The molecule has 1 atom stereocenters. The minimum atomic E-state index is -0.108. The highest BCUT2D eigenvalue weighted by Gasteiger charge is 2.28. The van der Waals surface area contributed by atoms with Crippen LogP contribution in [0.5, 0.6) is 5.75 Å². The average molecular weight is 485 g/mol. The van der Waals surface area contributed by atoms with Gasteiger partial charge in [-0.2, -0.15) is 0 Å². The predicted molar refractivity (Wildman–Crippen MR) is 137 cm³/mol. The lowest BCUT2D eigenvalue weighted by Crippen LogP contribution is -2.48. The summed E-state index contributed by atoms with van der Waals surface area (Å²) in [6.45, 7) is 8.67. The molecule has 34 heavy (non-hydrogen) atoms. The standard InChI is InChI=1S/C28H37ClN2O3/c1-4-30-17-11-5-6-12-18-31(27(32)19-22-13-7-9-15-24(22)29)25(21(2)3)20-34-26-16-10-8-14-23(26)28(30)33/h7-10,13-16,21,25H,4-6,11-12,17-20H2,1-3H3/t25-/m1/s1. The molecule has 2 aromatic rings. The van der Waals surface area contributed by atoms with Gasteiger partial charge < -0.3 is 14.5 Å². The molecular weight excluding hydrogens is 448 g/mol. The lowest BCUT2D eigenvalue weighted by molar-refractivity contribution is -0.134. The second kappa shape index (κ2) is 12.8. The molecule has 0 spiro atoms. The van der Waals surface area contributed by atoms with E-state index in [2.05, 4.69) is 13.8 Å². The largest absolute Gasteiger partial charge is 0.491 e. The van der Waals surface area contributed by atoms with Gasteiger partial charge in [-0.15, -0.1) is 0 Å². The third-order valence-corrected chi connectivity index (χ3v) is 6.93. The molecule has 2 aromatic carbocycles. The van der Waals surface area contributed by atoms with E-state index in [0.29, 0.717) is 36.0 Å². The normalized spacial score (nSPS) is 18.3. The van der Waals surface area contributed by atoms with E-state index >= 15 is 0 Å². The fourth-order valence-corrected chi connectivity index (χ4v) is 4.68. The zero-order valence-electron chi connectivity index (χ0n) is 20.6. The highest BCUT2D eigenvalue weighted by molar-refractivity contribution is 6.31. The Labute approximate surface area is 209 Å². The number of carbonyl (C=O) groups is 2. The summed E-state index contributed by atoms with van der Waals surface area (Å²) in [5, 5.41) is 0.614. The zero-order chi connectivity index (χ0) is 24.5. The number of carbonyl (C=O) groups excluding carboxylic acids is 2. The zero-order valence-corrected chi connectivity index (χ0v) is 21.4. The van der Waals surface area contributed by atoms with Crippen LogP contribution < -0.4 is 4.74 Å². The number of hydrogen-bond donors (Lipinski definition) is 0. The van der Waals surface area contributed by atoms with Crippen molar-refractivity contribution in [1.29, 1.82) is 0 Å². The van der Waals surface area contributed by atoms with Gasteiger partial charge in [-0.05, 0) is 49.4 Å². The number of para-hydroxylation sites is 1. The number of benzene rings is 2. The first-order valence-corrected chi connectivity index (χ1v) is 12.8. The first kappa shape index (κ1) is 26.1. The van der Waals surface area contributed by atoms with E-state index in [0.717, 1.165) is 37.8 Å². The lowest BCUT2D eigenvalue weighted by atomic mass is 10.0. The minimum absolute atomic E-state index is 0.00269. The van der Waals surface area contributed by atoms with Crippen molar-refractivity contribution in [1.82, 2.24) is 9.80 Å². The van der Waals surface area contributed by atoms with Crippen molar-refractivity contribution in [2.45, 2.75) is 58.9 Å². The van der Waals surface area contributed by atoms with Crippen LogP contribution in [0.15, 0.2) is 48.5 Å². The van der Waals surface area contributed by atoms with Gasteiger partial charge in [-0.3, -0.25) is 9.59 Å². The second-order valence-electron chi connectivity index (χ2n) is 9.27. The third kappa shape index (κ3) is 6.75. The van der Waals surface area contributed by atoms with Crippen LogP contribution in [0.3, 0.4) is 0 Å². The fraction of sp³-hybridized carbons (Fsp3) is 0.500. The van der Waals surface area contributed by atoms with Crippen LogP contribution in [0.2, 0.25) is 5.02 Å². The SMILES string of the molecule is CCN1CCCCCCN(C(=O)Cc2ccccc2Cl)[C@@H](C(C)C)COc2ccccc2C1=O. The molecule has 3 rings (SSSR count). The molecule has 0 N–H and O–H groups in total. The van der Waals surface area contributed by atoms with Crippen LogP contribution in [0, 0.1) is 5.92 Å². The predicted octanol–water partition coefficient (Wildman–Crippen LogP) is 5.85. The van der Waals surface area contributed by atoms with Gasteiger partial charge in [0.15, 0.2) is 0 Å². The monoisotopic (exact) mass is 484 g/mol. The minimum Gasteiger partial charge on any atom is -0.491 e. The topological polar surface area (TPSA) is 49.9 Å². The lowest BCUT2D eigenvalue weighted by Gasteiger charge is -2.35. The molecule has 2 amide bonds. The molecular formula is C28H37ClN2O3. The number of nitrogens with zero attached hydrogens (tertiary/aromatic N) is 2. The second-order valence-corrected chi connectivity index (χ2v) is 9.68. The van der Waals surface area contributed by atoms with E-state index in [-0.39, 0.29) is 30.2 Å². The Morgan fingerprint density at radius 1 is 1.03 bits per heavy atom. The Bertz CT molecular complexity index is 962. The smallest absolute Gasteiger partial charge is 0.257 e. The van der Waals surface area contributed by atoms with Gasteiger partial charge in [0, 0.05) is 24.7 Å². The van der Waals surface area contributed by atoms with Crippen LogP contribution >= 0.6 is 11.6 Å². The van der Waals surface area contributed by atoms with Crippen molar-refractivity contribution >= 4 is 23.4 Å². The maximum Gasteiger partial charge on any atom is 0.257 e. The van der Waals surface area contributed by atoms with Crippen molar-refractivity contribution in [2.75, 3.05) is 26.2 Å². The number of amides is 2. The Morgan fingerprint density at radius 2 is 1.71 bits per heavy atom. The number of ether oxygens (including phenoxy) is 1. The van der Waals surface area contributed by atoms with Gasteiger partial charge in [0.05, 0.1) is 18.0 Å². The first-order chi connectivity index (χ1) is 16.4. The van der Waals surface area contributed by atoms with E-state index in [9.17, 15) is 9.59 Å². The average Bonchev–Trinajstić information content (AvgIpc) is 2.83. The maximum atomic E-state index is 13.5. The summed E-state index contributed by atoms with van der Waals surface area (Å²) in [4.78, 5) is 30.6. The number of halogens is 1. The van der Waals surface area contributed by atoms with E-state index < -0.39 is 0 Å². The van der Waals surface area contributed by atoms with Crippen molar-refractivity contribution in [3.8, 4) is 5.75 Å². The van der Waals surface area contributed by atoms with Gasteiger partial charge in [0.2, 0.25) is 5.91 Å². The fourth-order valence-electron chi connectivity index (χ4n) is 4.48. The molecule has 6 heteroatoms. The van der Waals surface area contributed by atoms with Gasteiger partial charge in [-0.1, -0.05) is 68.6 Å². The van der Waals surface area contributed by atoms with Crippen LogP contribution in [-0.2, 0) is 11.2 Å². The quantitative estimate of drug-likeness (QED) is 0.546. The number of hydrogen-bond acceptors (Lipinski definition) is 3. The summed E-state index contributed by atoms with van der Waals surface area (Å²) in [5.74, 6) is 0.831. The Kier molecular flexibility index (Phi) is 9.82. The Balaban J connectivity index is 1.88. The van der Waals surface area contributed by atoms with Crippen LogP contribution in [0.4, 0.5) is 0 Å². The summed E-state index contributed by atoms with van der Waals surface area (Å²) in [5.41, 5.74) is 1.42. The van der Waals surface area contributed by atoms with Gasteiger partial charge in [-0.25, -0.2) is 0 Å². The molecule has 5 nitrogen and oxygen atoms in total. The Hall–Kier alpha value is -2.53. The summed E-state index contributed by atoms with van der Waals surface area (Å²) in [6.07, 6.45) is 4.19. The third-order valence-electron chi connectivity index (χ3n) is 6.56. The number of fused-ring (bicyclic) bond motifs is 1. The number of rotatable bonds is 4. The molecule has 0 unspecified atom stereocenters. The van der Waals surface area contributed by atoms with Crippen LogP contribution in [-0.4, -0.2) is 53.9 Å². The summed E-state index contributed by atoms with van der Waals surface area (Å²) >= 11 is 6.35. The summed E-state index contributed by atoms with van der Waals surface area (Å²) in [7, 11) is 0. The molecule has 0 saturated heterocycles. The van der Waals surface area contributed by atoms with E-state index in [1.807, 2.05) is 65.3 Å². The van der Waals surface area contributed by atoms with Crippen molar-refractivity contribution in [3.63, 3.8) is 0 Å². The summed E-state index contributed by atoms with van der Waals surface area (Å²) in [6, 6.07) is 14.8. The van der Waals surface area contributed by atoms with Crippen LogP contribution in [0.1, 0.15) is 62.4 Å². The van der Waals surface area contributed by atoms with Gasteiger partial charge in [0.25, 0.3) is 5.91 Å². The molecule has 0 fully saturated rings. The molecule has 1 heterocycles. The highest BCUT2D eigenvalue weighted by Crippen LogP contribution is 2.24. The van der Waals surface area contributed by atoms with E-state index in [1.54, 1.807) is 0 Å². The maximum absolute atomic E-state index is 13.5. The molecule has 1 aliphatic heterocycles. The van der Waals surface area contributed by atoms with Crippen molar-refractivity contribution in [2.24, 2.45) is 5.92 Å². The highest BCUT2D eigenvalue weighted by atomic mass is 35.5. The molecule has 0 bridgehead atoms. The van der Waals surface area contributed by atoms with E-state index in [4.69, 9.17) is 16.3 Å².